The van der Waals surface area contributed by atoms with Crippen molar-refractivity contribution >= 4 is 11.9 Å². The number of fused-ring (bicyclic) bond motifs is 4. The maximum absolute atomic E-state index is 12.9. The van der Waals surface area contributed by atoms with Crippen molar-refractivity contribution in [3.63, 3.8) is 0 Å². The largest absolute Gasteiger partial charge is 0.466 e. The van der Waals surface area contributed by atoms with Crippen LogP contribution in [-0.4, -0.2) is 24.6 Å². The van der Waals surface area contributed by atoms with E-state index in [1.807, 2.05) is 30.3 Å². The Morgan fingerprint density at radius 3 is 2.43 bits per heavy atom. The van der Waals surface area contributed by atoms with Gasteiger partial charge in [-0.15, -0.1) is 0 Å². The van der Waals surface area contributed by atoms with Crippen molar-refractivity contribution in [1.29, 1.82) is 0 Å². The first kappa shape index (κ1) is 26.3. The Labute approximate surface area is 222 Å². The third-order valence-corrected chi connectivity index (χ3v) is 10.9. The van der Waals surface area contributed by atoms with Crippen LogP contribution in [0.1, 0.15) is 96.8 Å². The molecule has 1 saturated carbocycles. The van der Waals surface area contributed by atoms with E-state index in [1.165, 1.54) is 13.3 Å². The van der Waals surface area contributed by atoms with E-state index in [0.717, 1.165) is 38.5 Å². The molecule has 0 aromatic heterocycles. The molecule has 5 rings (SSSR count). The lowest BCUT2D eigenvalue weighted by Gasteiger charge is -2.59. The van der Waals surface area contributed by atoms with Crippen LogP contribution >= 0.6 is 0 Å². The van der Waals surface area contributed by atoms with Crippen molar-refractivity contribution in [3.05, 3.63) is 58.7 Å². The molecule has 6 atom stereocenters. The fourth-order valence-corrected chi connectivity index (χ4v) is 8.91. The molecule has 0 amide bonds. The van der Waals surface area contributed by atoms with E-state index in [-0.39, 0.29) is 34.3 Å². The highest BCUT2D eigenvalue weighted by molar-refractivity contribution is 5.89. The SMILES string of the molecule is CC(=O)OC[C@@H](C)[C@H]1CC=C2C3=C(CC[C@@]21C)[C@@]1(C)CC[C@H](OC(=O)c2ccccc2)C(C)(C)[C@@H]1CC3. The summed E-state index contributed by atoms with van der Waals surface area (Å²) < 4.78 is 11.6. The molecule has 4 heteroatoms. The standard InChI is InChI=1S/C33H44O4/c1-21(20-36-22(2)34)25-13-14-26-24-12-15-28-31(3,4)29(37-30(35)23-10-8-7-9-11-23)17-19-33(28,6)27(24)16-18-32(25,26)5/h7-11,14,21,25,28-29H,12-13,15-20H2,1-6H3/t21-,25-,28+,29+,32-,33-/m1/s1. The molecule has 0 aliphatic heterocycles. The van der Waals surface area contributed by atoms with E-state index in [2.05, 4.69) is 40.7 Å². The van der Waals surface area contributed by atoms with Crippen LogP contribution in [-0.2, 0) is 14.3 Å². The maximum atomic E-state index is 12.9. The lowest BCUT2D eigenvalue weighted by molar-refractivity contribution is -0.143. The molecule has 0 N–H and O–H groups in total. The predicted molar refractivity (Wildman–Crippen MR) is 146 cm³/mol. The molecule has 0 spiro atoms. The van der Waals surface area contributed by atoms with Crippen molar-refractivity contribution < 1.29 is 19.1 Å². The van der Waals surface area contributed by atoms with Gasteiger partial charge in [-0.3, -0.25) is 4.79 Å². The Morgan fingerprint density at radius 2 is 1.73 bits per heavy atom. The minimum absolute atomic E-state index is 0.0634. The summed E-state index contributed by atoms with van der Waals surface area (Å²) in [6, 6.07) is 9.40. The van der Waals surface area contributed by atoms with Crippen LogP contribution in [0.3, 0.4) is 0 Å². The van der Waals surface area contributed by atoms with Crippen LogP contribution < -0.4 is 0 Å². The molecule has 200 valence electrons. The second-order valence-electron chi connectivity index (χ2n) is 13.2. The highest BCUT2D eigenvalue weighted by atomic mass is 16.5. The van der Waals surface area contributed by atoms with Gasteiger partial charge in [0.2, 0.25) is 0 Å². The normalized spacial score (nSPS) is 35.0. The number of ether oxygens (including phenoxy) is 2. The molecular formula is C33H44O4. The molecule has 4 aliphatic carbocycles. The van der Waals surface area contributed by atoms with Gasteiger partial charge >= 0.3 is 11.9 Å². The van der Waals surface area contributed by atoms with Gasteiger partial charge in [-0.05, 0) is 96.8 Å². The van der Waals surface area contributed by atoms with Gasteiger partial charge in [0.15, 0.2) is 0 Å². The first-order valence-corrected chi connectivity index (χ1v) is 14.3. The summed E-state index contributed by atoms with van der Waals surface area (Å²) in [5.41, 5.74) is 5.77. The smallest absolute Gasteiger partial charge is 0.338 e. The van der Waals surface area contributed by atoms with E-state index in [4.69, 9.17) is 9.47 Å². The van der Waals surface area contributed by atoms with Crippen molar-refractivity contribution in [2.24, 2.45) is 34.0 Å². The number of benzene rings is 1. The first-order valence-electron chi connectivity index (χ1n) is 14.3. The summed E-state index contributed by atoms with van der Waals surface area (Å²) in [4.78, 5) is 24.4. The van der Waals surface area contributed by atoms with Gasteiger partial charge in [-0.25, -0.2) is 4.79 Å². The van der Waals surface area contributed by atoms with E-state index in [9.17, 15) is 9.59 Å². The molecule has 0 heterocycles. The van der Waals surface area contributed by atoms with Crippen molar-refractivity contribution in [3.8, 4) is 0 Å². The molecule has 0 unspecified atom stereocenters. The average molecular weight is 505 g/mol. The van der Waals surface area contributed by atoms with Crippen LogP contribution in [0.4, 0.5) is 0 Å². The number of carbonyl (C=O) groups excluding carboxylic acids is 2. The Balaban J connectivity index is 1.37. The van der Waals surface area contributed by atoms with Gasteiger partial charge in [0.1, 0.15) is 6.10 Å². The fraction of sp³-hybridized carbons (Fsp3) is 0.636. The summed E-state index contributed by atoms with van der Waals surface area (Å²) in [6.45, 7) is 13.9. The van der Waals surface area contributed by atoms with Crippen LogP contribution in [0.15, 0.2) is 53.1 Å². The number of esters is 2. The average Bonchev–Trinajstić information content (AvgIpc) is 3.22. The van der Waals surface area contributed by atoms with Crippen molar-refractivity contribution in [2.45, 2.75) is 92.6 Å². The molecule has 1 fully saturated rings. The molecule has 0 bridgehead atoms. The number of hydrogen-bond donors (Lipinski definition) is 0. The molecule has 0 saturated heterocycles. The molecule has 4 nitrogen and oxygen atoms in total. The number of allylic oxidation sites excluding steroid dienone is 4. The molecule has 1 aromatic carbocycles. The highest BCUT2D eigenvalue weighted by Gasteiger charge is 2.58. The monoisotopic (exact) mass is 504 g/mol. The van der Waals surface area contributed by atoms with Gasteiger partial charge in [0.25, 0.3) is 0 Å². The number of rotatable bonds is 5. The fourth-order valence-electron chi connectivity index (χ4n) is 8.91. The van der Waals surface area contributed by atoms with Gasteiger partial charge in [0.05, 0.1) is 12.2 Å². The lowest BCUT2D eigenvalue weighted by atomic mass is 9.46. The zero-order valence-corrected chi connectivity index (χ0v) is 23.6. The Hall–Kier alpha value is -2.36. The van der Waals surface area contributed by atoms with Crippen LogP contribution in [0.2, 0.25) is 0 Å². The van der Waals surface area contributed by atoms with Crippen LogP contribution in [0.25, 0.3) is 0 Å². The molecule has 4 aliphatic rings. The van der Waals surface area contributed by atoms with E-state index in [1.54, 1.807) is 16.7 Å². The zero-order chi connectivity index (χ0) is 26.6. The van der Waals surface area contributed by atoms with E-state index in [0.29, 0.717) is 29.9 Å². The van der Waals surface area contributed by atoms with Gasteiger partial charge in [-0.2, -0.15) is 0 Å². The molecule has 0 radical (unpaired) electrons. The Morgan fingerprint density at radius 1 is 1.00 bits per heavy atom. The third-order valence-electron chi connectivity index (χ3n) is 10.9. The van der Waals surface area contributed by atoms with Crippen molar-refractivity contribution in [1.82, 2.24) is 0 Å². The number of carbonyl (C=O) groups is 2. The summed E-state index contributed by atoms with van der Waals surface area (Å²) in [5.74, 6) is 0.981. The molecular weight excluding hydrogens is 460 g/mol. The first-order chi connectivity index (χ1) is 17.5. The maximum Gasteiger partial charge on any atom is 0.338 e. The Kier molecular flexibility index (Phi) is 6.69. The third kappa shape index (κ3) is 4.29. The summed E-state index contributed by atoms with van der Waals surface area (Å²) in [6.07, 6.45) is 10.1. The second-order valence-corrected chi connectivity index (χ2v) is 13.2. The lowest BCUT2D eigenvalue weighted by Crippen LogP contribution is -2.54. The molecule has 37 heavy (non-hydrogen) atoms. The van der Waals surface area contributed by atoms with E-state index >= 15 is 0 Å². The predicted octanol–water partition coefficient (Wildman–Crippen LogP) is 7.69. The van der Waals surface area contributed by atoms with Gasteiger partial charge in [-0.1, -0.05) is 64.5 Å². The van der Waals surface area contributed by atoms with Crippen molar-refractivity contribution in [2.75, 3.05) is 6.61 Å². The summed E-state index contributed by atoms with van der Waals surface area (Å²) in [7, 11) is 0. The topological polar surface area (TPSA) is 52.6 Å². The number of hydrogen-bond acceptors (Lipinski definition) is 4. The quantitative estimate of drug-likeness (QED) is 0.386. The second kappa shape index (κ2) is 9.43. The zero-order valence-electron chi connectivity index (χ0n) is 23.6. The summed E-state index contributed by atoms with van der Waals surface area (Å²) in [5, 5.41) is 0. The van der Waals surface area contributed by atoms with E-state index < -0.39 is 0 Å². The van der Waals surface area contributed by atoms with Crippen LogP contribution in [0.5, 0.6) is 0 Å². The summed E-state index contributed by atoms with van der Waals surface area (Å²) >= 11 is 0. The van der Waals surface area contributed by atoms with Gasteiger partial charge < -0.3 is 9.47 Å². The minimum atomic E-state index is -0.198. The van der Waals surface area contributed by atoms with Crippen LogP contribution in [0, 0.1) is 34.0 Å². The highest BCUT2D eigenvalue weighted by Crippen LogP contribution is 2.66. The Bertz CT molecular complexity index is 1130. The van der Waals surface area contributed by atoms with Gasteiger partial charge in [0, 0.05) is 12.3 Å². The molecule has 1 aromatic rings. The minimum Gasteiger partial charge on any atom is -0.466 e.